The molecular formula is C23H28FN3O5. The summed E-state index contributed by atoms with van der Waals surface area (Å²) >= 11 is 0. The molecule has 172 valence electrons. The SMILES string of the molecule is COC(O)c1c(F)cccc1N1CCC(CNC(=O)C2(NC(=O)c3ccco3)CC2)CC1. The van der Waals surface area contributed by atoms with E-state index in [0.29, 0.717) is 38.2 Å². The molecule has 3 N–H and O–H groups in total. The van der Waals surface area contributed by atoms with Gasteiger partial charge in [0.05, 0.1) is 11.8 Å². The summed E-state index contributed by atoms with van der Waals surface area (Å²) in [6.07, 6.45) is 2.93. The maximum absolute atomic E-state index is 14.3. The molecule has 2 aromatic rings. The van der Waals surface area contributed by atoms with Gasteiger partial charge in [-0.25, -0.2) is 4.39 Å². The van der Waals surface area contributed by atoms with Crippen LogP contribution in [0.2, 0.25) is 0 Å². The Balaban J connectivity index is 1.28. The Kier molecular flexibility index (Phi) is 6.48. The number of piperidine rings is 1. The fourth-order valence-corrected chi connectivity index (χ4v) is 4.17. The highest BCUT2D eigenvalue weighted by atomic mass is 19.1. The fourth-order valence-electron chi connectivity index (χ4n) is 4.17. The zero-order valence-electron chi connectivity index (χ0n) is 18.0. The van der Waals surface area contributed by atoms with Crippen LogP contribution in [-0.2, 0) is 9.53 Å². The minimum absolute atomic E-state index is 0.143. The lowest BCUT2D eigenvalue weighted by Gasteiger charge is -2.35. The summed E-state index contributed by atoms with van der Waals surface area (Å²) in [4.78, 5) is 27.0. The summed E-state index contributed by atoms with van der Waals surface area (Å²) in [5.74, 6) is -0.601. The number of hydrogen-bond donors (Lipinski definition) is 3. The monoisotopic (exact) mass is 445 g/mol. The molecule has 32 heavy (non-hydrogen) atoms. The van der Waals surface area contributed by atoms with E-state index in [1.807, 2.05) is 4.90 Å². The van der Waals surface area contributed by atoms with Gasteiger partial charge in [0, 0.05) is 32.4 Å². The summed E-state index contributed by atoms with van der Waals surface area (Å²) in [5, 5.41) is 15.8. The summed E-state index contributed by atoms with van der Waals surface area (Å²) < 4.78 is 24.3. The van der Waals surface area contributed by atoms with Gasteiger partial charge in [0.1, 0.15) is 11.4 Å². The number of methoxy groups -OCH3 is 1. The summed E-state index contributed by atoms with van der Waals surface area (Å²) in [5.41, 5.74) is -0.0822. The van der Waals surface area contributed by atoms with Gasteiger partial charge in [0.25, 0.3) is 5.91 Å². The molecule has 0 bridgehead atoms. The maximum atomic E-state index is 14.3. The normalized spacial score (nSPS) is 18.8. The van der Waals surface area contributed by atoms with Crippen LogP contribution in [0.25, 0.3) is 0 Å². The van der Waals surface area contributed by atoms with E-state index in [2.05, 4.69) is 10.6 Å². The van der Waals surface area contributed by atoms with Crippen LogP contribution in [0, 0.1) is 11.7 Å². The number of carbonyl (C=O) groups excluding carboxylic acids is 2. The highest BCUT2D eigenvalue weighted by Gasteiger charge is 2.51. The highest BCUT2D eigenvalue weighted by Crippen LogP contribution is 2.36. The Bertz CT molecular complexity index is 953. The molecule has 2 fully saturated rings. The second kappa shape index (κ2) is 9.30. The molecule has 0 spiro atoms. The molecule has 2 amide bonds. The third-order valence-corrected chi connectivity index (χ3v) is 6.29. The van der Waals surface area contributed by atoms with Gasteiger partial charge in [0.2, 0.25) is 5.91 Å². The predicted octanol–water partition coefficient (Wildman–Crippen LogP) is 2.35. The topological polar surface area (TPSA) is 104 Å². The molecule has 1 aliphatic carbocycles. The minimum atomic E-state index is -1.32. The van der Waals surface area contributed by atoms with Gasteiger partial charge in [-0.05, 0) is 55.9 Å². The van der Waals surface area contributed by atoms with Crippen LogP contribution in [0.15, 0.2) is 41.0 Å². The van der Waals surface area contributed by atoms with Crippen molar-refractivity contribution in [2.24, 2.45) is 5.92 Å². The quantitative estimate of drug-likeness (QED) is 0.539. The van der Waals surface area contributed by atoms with Crippen molar-refractivity contribution in [2.75, 3.05) is 31.6 Å². The van der Waals surface area contributed by atoms with E-state index in [1.54, 1.807) is 24.3 Å². The number of nitrogens with zero attached hydrogens (tertiary/aromatic N) is 1. The fraction of sp³-hybridized carbons (Fsp3) is 0.478. The Hall–Kier alpha value is -2.91. The van der Waals surface area contributed by atoms with Crippen molar-refractivity contribution in [1.82, 2.24) is 10.6 Å². The number of benzene rings is 1. The number of hydrogen-bond acceptors (Lipinski definition) is 6. The first-order valence-corrected chi connectivity index (χ1v) is 10.8. The van der Waals surface area contributed by atoms with E-state index in [4.69, 9.17) is 9.15 Å². The summed E-state index contributed by atoms with van der Waals surface area (Å²) in [7, 11) is 1.33. The number of amides is 2. The number of nitrogens with one attached hydrogen (secondary N) is 2. The Labute approximate surface area is 185 Å². The number of ether oxygens (including phenoxy) is 1. The molecule has 1 unspecified atom stereocenters. The molecule has 2 heterocycles. The number of carbonyl (C=O) groups is 2. The molecule has 8 nitrogen and oxygen atoms in total. The van der Waals surface area contributed by atoms with Crippen molar-refractivity contribution in [3.63, 3.8) is 0 Å². The molecule has 1 atom stereocenters. The summed E-state index contributed by atoms with van der Waals surface area (Å²) in [6.45, 7) is 1.86. The minimum Gasteiger partial charge on any atom is -0.459 e. The van der Waals surface area contributed by atoms with Crippen LogP contribution in [0.1, 0.15) is 48.1 Å². The zero-order valence-corrected chi connectivity index (χ0v) is 18.0. The molecule has 2 aliphatic rings. The second-order valence-corrected chi connectivity index (χ2v) is 8.41. The first-order chi connectivity index (χ1) is 15.4. The van der Waals surface area contributed by atoms with Crippen molar-refractivity contribution >= 4 is 17.5 Å². The Morgan fingerprint density at radius 3 is 2.66 bits per heavy atom. The third-order valence-electron chi connectivity index (χ3n) is 6.29. The van der Waals surface area contributed by atoms with E-state index < -0.39 is 17.6 Å². The molecule has 1 aliphatic heterocycles. The van der Waals surface area contributed by atoms with Crippen molar-refractivity contribution in [3.8, 4) is 0 Å². The van der Waals surface area contributed by atoms with E-state index in [9.17, 15) is 19.1 Å². The smallest absolute Gasteiger partial charge is 0.287 e. The number of anilines is 1. The molecule has 0 radical (unpaired) electrons. The molecule has 9 heteroatoms. The van der Waals surface area contributed by atoms with E-state index in [-0.39, 0.29) is 29.1 Å². The Morgan fingerprint density at radius 2 is 2.03 bits per heavy atom. The highest BCUT2D eigenvalue weighted by molar-refractivity contribution is 5.99. The second-order valence-electron chi connectivity index (χ2n) is 8.41. The van der Waals surface area contributed by atoms with Crippen LogP contribution in [-0.4, -0.2) is 49.2 Å². The predicted molar refractivity (Wildman–Crippen MR) is 114 cm³/mol. The van der Waals surface area contributed by atoms with Crippen molar-refractivity contribution in [3.05, 3.63) is 53.7 Å². The van der Waals surface area contributed by atoms with Gasteiger partial charge in [-0.15, -0.1) is 0 Å². The number of furan rings is 1. The maximum Gasteiger partial charge on any atom is 0.287 e. The van der Waals surface area contributed by atoms with Crippen LogP contribution in [0.5, 0.6) is 0 Å². The van der Waals surface area contributed by atoms with Crippen molar-refractivity contribution < 1.29 is 28.2 Å². The van der Waals surface area contributed by atoms with Gasteiger partial charge < -0.3 is 29.8 Å². The first-order valence-electron chi connectivity index (χ1n) is 10.8. The molecular weight excluding hydrogens is 417 g/mol. The van der Waals surface area contributed by atoms with Crippen LogP contribution >= 0.6 is 0 Å². The van der Waals surface area contributed by atoms with Gasteiger partial charge in [-0.3, -0.25) is 9.59 Å². The number of aliphatic hydroxyl groups excluding tert-OH is 1. The van der Waals surface area contributed by atoms with Crippen molar-refractivity contribution in [2.45, 2.75) is 37.5 Å². The number of halogens is 1. The van der Waals surface area contributed by atoms with Crippen LogP contribution in [0.3, 0.4) is 0 Å². The molecule has 1 saturated heterocycles. The number of aliphatic hydroxyl groups is 1. The Morgan fingerprint density at radius 1 is 1.28 bits per heavy atom. The van der Waals surface area contributed by atoms with Gasteiger partial charge in [-0.2, -0.15) is 0 Å². The average Bonchev–Trinajstić information content (AvgIpc) is 3.37. The van der Waals surface area contributed by atoms with Crippen molar-refractivity contribution in [1.29, 1.82) is 0 Å². The molecule has 1 aromatic heterocycles. The lowest BCUT2D eigenvalue weighted by molar-refractivity contribution is -0.124. The largest absolute Gasteiger partial charge is 0.459 e. The zero-order chi connectivity index (χ0) is 22.7. The van der Waals surface area contributed by atoms with Crippen LogP contribution < -0.4 is 15.5 Å². The van der Waals surface area contributed by atoms with E-state index in [1.165, 1.54) is 19.4 Å². The molecule has 1 saturated carbocycles. The van der Waals surface area contributed by atoms with E-state index in [0.717, 1.165) is 12.8 Å². The van der Waals surface area contributed by atoms with Gasteiger partial charge in [-0.1, -0.05) is 6.07 Å². The third kappa shape index (κ3) is 4.63. The first kappa shape index (κ1) is 22.3. The van der Waals surface area contributed by atoms with Crippen LogP contribution in [0.4, 0.5) is 10.1 Å². The standard InChI is InChI=1S/C23H28FN3O5/c1-31-21(29)19-16(24)4-2-5-17(19)27-11-7-15(8-12-27)14-25-22(30)23(9-10-23)26-20(28)18-6-3-13-32-18/h2-6,13,15,21,29H,7-12,14H2,1H3,(H,25,30)(H,26,28). The van der Waals surface area contributed by atoms with Gasteiger partial charge in [0.15, 0.2) is 12.1 Å². The average molecular weight is 445 g/mol. The van der Waals surface area contributed by atoms with Gasteiger partial charge >= 0.3 is 0 Å². The molecule has 1 aromatic carbocycles. The summed E-state index contributed by atoms with van der Waals surface area (Å²) in [6, 6.07) is 7.90. The number of rotatable bonds is 8. The van der Waals surface area contributed by atoms with E-state index >= 15 is 0 Å². The lowest BCUT2D eigenvalue weighted by atomic mass is 9.95. The molecule has 4 rings (SSSR count). The lowest BCUT2D eigenvalue weighted by Crippen LogP contribution is -2.50.